The Bertz CT molecular complexity index is 552. The molecule has 102 valence electrons. The van der Waals surface area contributed by atoms with Gasteiger partial charge in [-0.25, -0.2) is 0 Å². The summed E-state index contributed by atoms with van der Waals surface area (Å²) in [5, 5.41) is 6.36. The number of aryl methyl sites for hydroxylation is 1. The zero-order chi connectivity index (χ0) is 13.8. The highest BCUT2D eigenvalue weighted by Gasteiger charge is 2.11. The van der Waals surface area contributed by atoms with Crippen LogP contribution in [0.25, 0.3) is 0 Å². The number of anilines is 3. The highest BCUT2D eigenvalue weighted by Crippen LogP contribution is 2.21. The van der Waals surface area contributed by atoms with Crippen molar-refractivity contribution in [1.29, 1.82) is 0 Å². The molecule has 0 aliphatic rings. The molecule has 0 aromatic carbocycles. The maximum Gasteiger partial charge on any atom is 0.223 e. The van der Waals surface area contributed by atoms with Gasteiger partial charge in [0.15, 0.2) is 0 Å². The number of furan rings is 1. The zero-order valence-electron chi connectivity index (χ0n) is 11.4. The van der Waals surface area contributed by atoms with Gasteiger partial charge in [-0.05, 0) is 32.9 Å². The Balaban J connectivity index is 2.14. The Hall–Kier alpha value is -2.24. The second kappa shape index (κ2) is 5.60. The van der Waals surface area contributed by atoms with Crippen LogP contribution in [-0.2, 0) is 0 Å². The van der Waals surface area contributed by atoms with Crippen LogP contribution in [0.4, 0.5) is 17.6 Å². The highest BCUT2D eigenvalue weighted by molar-refractivity contribution is 5.51. The molecule has 4 N–H and O–H groups in total. The van der Waals surface area contributed by atoms with Crippen LogP contribution in [-0.4, -0.2) is 16.5 Å². The largest absolute Gasteiger partial charge is 0.464 e. The SMILES string of the molecule is CCNc1cc(NC(C)c2ccc(C)o2)nc(N)n1. The normalized spacial score (nSPS) is 12.2. The second-order valence-electron chi connectivity index (χ2n) is 4.34. The van der Waals surface area contributed by atoms with E-state index in [1.807, 2.05) is 39.0 Å². The summed E-state index contributed by atoms with van der Waals surface area (Å²) in [6.45, 7) is 6.70. The number of nitrogen functional groups attached to an aromatic ring is 1. The number of rotatable bonds is 5. The van der Waals surface area contributed by atoms with Crippen molar-refractivity contribution in [2.45, 2.75) is 26.8 Å². The standard InChI is InChI=1S/C13H19N5O/c1-4-15-11-7-12(18-13(14)17-11)16-9(3)10-6-5-8(2)19-10/h5-7,9H,4H2,1-3H3,(H4,14,15,16,17,18). The third kappa shape index (κ3) is 3.37. The molecule has 0 radical (unpaired) electrons. The summed E-state index contributed by atoms with van der Waals surface area (Å²) in [6, 6.07) is 5.72. The summed E-state index contributed by atoms with van der Waals surface area (Å²) in [5.74, 6) is 3.37. The lowest BCUT2D eigenvalue weighted by atomic mass is 10.2. The molecular weight excluding hydrogens is 242 g/mol. The summed E-state index contributed by atoms with van der Waals surface area (Å²) in [6.07, 6.45) is 0. The molecule has 19 heavy (non-hydrogen) atoms. The van der Waals surface area contributed by atoms with Crippen LogP contribution in [0.3, 0.4) is 0 Å². The molecule has 0 spiro atoms. The maximum atomic E-state index is 5.68. The van der Waals surface area contributed by atoms with E-state index in [-0.39, 0.29) is 12.0 Å². The molecule has 1 unspecified atom stereocenters. The smallest absolute Gasteiger partial charge is 0.223 e. The topological polar surface area (TPSA) is 89.0 Å². The first-order valence-electron chi connectivity index (χ1n) is 6.29. The van der Waals surface area contributed by atoms with Crippen molar-refractivity contribution in [1.82, 2.24) is 9.97 Å². The van der Waals surface area contributed by atoms with Crippen molar-refractivity contribution in [3.63, 3.8) is 0 Å². The molecule has 0 aliphatic heterocycles. The van der Waals surface area contributed by atoms with Gasteiger partial charge in [0.05, 0.1) is 6.04 Å². The molecule has 0 aliphatic carbocycles. The lowest BCUT2D eigenvalue weighted by molar-refractivity contribution is 0.466. The van der Waals surface area contributed by atoms with Crippen LogP contribution in [0.2, 0.25) is 0 Å². The number of aromatic nitrogens is 2. The predicted octanol–water partition coefficient (Wildman–Crippen LogP) is 2.57. The summed E-state index contributed by atoms with van der Waals surface area (Å²) in [4.78, 5) is 8.26. The molecular formula is C13H19N5O. The van der Waals surface area contributed by atoms with Crippen LogP contribution in [0.15, 0.2) is 22.6 Å². The molecule has 0 amide bonds. The molecule has 0 bridgehead atoms. The second-order valence-corrected chi connectivity index (χ2v) is 4.34. The van der Waals surface area contributed by atoms with E-state index in [4.69, 9.17) is 10.2 Å². The molecule has 2 rings (SSSR count). The van der Waals surface area contributed by atoms with Gasteiger partial charge < -0.3 is 20.8 Å². The first kappa shape index (κ1) is 13.2. The Morgan fingerprint density at radius 2 is 2.05 bits per heavy atom. The van der Waals surface area contributed by atoms with Crippen LogP contribution < -0.4 is 16.4 Å². The van der Waals surface area contributed by atoms with E-state index in [2.05, 4.69) is 20.6 Å². The number of nitrogens with two attached hydrogens (primary N) is 1. The average Bonchev–Trinajstić information content (AvgIpc) is 2.75. The van der Waals surface area contributed by atoms with Gasteiger partial charge in [-0.15, -0.1) is 0 Å². The van der Waals surface area contributed by atoms with Gasteiger partial charge in [0.25, 0.3) is 0 Å². The van der Waals surface area contributed by atoms with E-state index >= 15 is 0 Å². The fourth-order valence-electron chi connectivity index (χ4n) is 1.79. The van der Waals surface area contributed by atoms with Gasteiger partial charge >= 0.3 is 0 Å². The summed E-state index contributed by atoms with van der Waals surface area (Å²) in [5.41, 5.74) is 5.68. The van der Waals surface area contributed by atoms with E-state index in [9.17, 15) is 0 Å². The maximum absolute atomic E-state index is 5.68. The summed E-state index contributed by atoms with van der Waals surface area (Å²) < 4.78 is 5.57. The third-order valence-electron chi connectivity index (χ3n) is 2.65. The molecule has 6 nitrogen and oxygen atoms in total. The minimum absolute atomic E-state index is 0.0116. The van der Waals surface area contributed by atoms with E-state index in [1.165, 1.54) is 0 Å². The van der Waals surface area contributed by atoms with Gasteiger partial charge in [-0.2, -0.15) is 9.97 Å². The Labute approximate surface area is 112 Å². The highest BCUT2D eigenvalue weighted by atomic mass is 16.3. The predicted molar refractivity (Wildman–Crippen MR) is 76.1 cm³/mol. The van der Waals surface area contributed by atoms with Crippen LogP contribution >= 0.6 is 0 Å². The first-order valence-corrected chi connectivity index (χ1v) is 6.29. The molecule has 0 fully saturated rings. The molecule has 1 atom stereocenters. The van der Waals surface area contributed by atoms with Crippen molar-refractivity contribution >= 4 is 17.6 Å². The minimum Gasteiger partial charge on any atom is -0.464 e. The summed E-state index contributed by atoms with van der Waals surface area (Å²) in [7, 11) is 0. The van der Waals surface area contributed by atoms with Crippen LogP contribution in [0.5, 0.6) is 0 Å². The zero-order valence-corrected chi connectivity index (χ0v) is 11.4. The fraction of sp³-hybridized carbons (Fsp3) is 0.385. The first-order chi connectivity index (χ1) is 9.08. The molecule has 2 aromatic rings. The molecule has 6 heteroatoms. The fourth-order valence-corrected chi connectivity index (χ4v) is 1.79. The van der Waals surface area contributed by atoms with Crippen LogP contribution in [0.1, 0.15) is 31.4 Å². The van der Waals surface area contributed by atoms with Gasteiger partial charge in [-0.3, -0.25) is 0 Å². The van der Waals surface area contributed by atoms with E-state index in [1.54, 1.807) is 0 Å². The average molecular weight is 261 g/mol. The monoisotopic (exact) mass is 261 g/mol. The van der Waals surface area contributed by atoms with Crippen molar-refractivity contribution in [2.24, 2.45) is 0 Å². The van der Waals surface area contributed by atoms with E-state index in [0.717, 1.165) is 18.1 Å². The number of hydrogen-bond acceptors (Lipinski definition) is 6. The van der Waals surface area contributed by atoms with Crippen LogP contribution in [0, 0.1) is 6.92 Å². The van der Waals surface area contributed by atoms with E-state index < -0.39 is 0 Å². The minimum atomic E-state index is 0.0116. The van der Waals surface area contributed by atoms with Gasteiger partial charge in [0, 0.05) is 12.6 Å². The third-order valence-corrected chi connectivity index (χ3v) is 2.65. The Kier molecular flexibility index (Phi) is 3.89. The number of hydrogen-bond donors (Lipinski definition) is 3. The number of nitrogens with one attached hydrogen (secondary N) is 2. The lowest BCUT2D eigenvalue weighted by Gasteiger charge is -2.13. The molecule has 0 saturated heterocycles. The molecule has 2 heterocycles. The van der Waals surface area contributed by atoms with E-state index in [0.29, 0.717) is 11.6 Å². The van der Waals surface area contributed by atoms with Crippen molar-refractivity contribution in [3.8, 4) is 0 Å². The lowest BCUT2D eigenvalue weighted by Crippen LogP contribution is -2.10. The molecule has 0 saturated carbocycles. The Morgan fingerprint density at radius 1 is 1.32 bits per heavy atom. The van der Waals surface area contributed by atoms with Gasteiger partial charge in [-0.1, -0.05) is 0 Å². The van der Waals surface area contributed by atoms with Crippen molar-refractivity contribution in [3.05, 3.63) is 29.7 Å². The van der Waals surface area contributed by atoms with Crippen molar-refractivity contribution in [2.75, 3.05) is 22.9 Å². The molecule has 2 aromatic heterocycles. The van der Waals surface area contributed by atoms with Gasteiger partial charge in [0.1, 0.15) is 23.2 Å². The Morgan fingerprint density at radius 3 is 2.68 bits per heavy atom. The van der Waals surface area contributed by atoms with Gasteiger partial charge in [0.2, 0.25) is 5.95 Å². The number of nitrogens with zero attached hydrogens (tertiary/aromatic N) is 2. The van der Waals surface area contributed by atoms with Crippen molar-refractivity contribution < 1.29 is 4.42 Å². The summed E-state index contributed by atoms with van der Waals surface area (Å²) >= 11 is 0. The quantitative estimate of drug-likeness (QED) is 0.766.